The van der Waals surface area contributed by atoms with E-state index >= 15 is 0 Å². The predicted octanol–water partition coefficient (Wildman–Crippen LogP) is 3.30. The standard InChI is InChI=1S/C18H16ClN3O2/c1-12-20-7-8-22(12)11-17(23)14-9-16(21(2)10-14)18(24)13-3-5-15(19)6-4-13/h3-10H,11H2,1-2H3. The molecule has 122 valence electrons. The van der Waals surface area contributed by atoms with Crippen LogP contribution < -0.4 is 0 Å². The molecule has 0 saturated heterocycles. The van der Waals surface area contributed by atoms with Crippen LogP contribution in [-0.2, 0) is 13.6 Å². The van der Waals surface area contributed by atoms with Gasteiger partial charge in [-0.05, 0) is 37.3 Å². The van der Waals surface area contributed by atoms with Crippen molar-refractivity contribution in [2.45, 2.75) is 13.5 Å². The van der Waals surface area contributed by atoms with Gasteiger partial charge in [0.05, 0.1) is 12.2 Å². The highest BCUT2D eigenvalue weighted by Crippen LogP contribution is 2.16. The quantitative estimate of drug-likeness (QED) is 0.669. The molecule has 0 amide bonds. The molecule has 0 N–H and O–H groups in total. The van der Waals surface area contributed by atoms with Gasteiger partial charge >= 0.3 is 0 Å². The number of hydrogen-bond acceptors (Lipinski definition) is 3. The molecule has 0 aliphatic heterocycles. The van der Waals surface area contributed by atoms with Crippen LogP contribution in [0.4, 0.5) is 0 Å². The van der Waals surface area contributed by atoms with Gasteiger partial charge in [0, 0.05) is 41.8 Å². The van der Waals surface area contributed by atoms with Gasteiger partial charge in [0.25, 0.3) is 0 Å². The van der Waals surface area contributed by atoms with E-state index in [1.807, 2.05) is 6.92 Å². The van der Waals surface area contributed by atoms with Crippen LogP contribution >= 0.6 is 11.6 Å². The number of ketones is 2. The topological polar surface area (TPSA) is 56.9 Å². The summed E-state index contributed by atoms with van der Waals surface area (Å²) in [6.45, 7) is 2.04. The second-order valence-corrected chi connectivity index (χ2v) is 6.02. The van der Waals surface area contributed by atoms with Crippen molar-refractivity contribution < 1.29 is 9.59 Å². The number of hydrogen-bond donors (Lipinski definition) is 0. The first-order valence-electron chi connectivity index (χ1n) is 7.43. The zero-order valence-corrected chi connectivity index (χ0v) is 14.1. The maximum Gasteiger partial charge on any atom is 0.209 e. The number of carbonyl (C=O) groups excluding carboxylic acids is 2. The van der Waals surface area contributed by atoms with Crippen molar-refractivity contribution in [3.63, 3.8) is 0 Å². The summed E-state index contributed by atoms with van der Waals surface area (Å²) in [4.78, 5) is 29.1. The zero-order chi connectivity index (χ0) is 17.3. The number of aryl methyl sites for hydroxylation is 2. The van der Waals surface area contributed by atoms with Gasteiger partial charge in [-0.3, -0.25) is 9.59 Å². The summed E-state index contributed by atoms with van der Waals surface area (Å²) in [6, 6.07) is 8.32. The minimum absolute atomic E-state index is 0.0677. The van der Waals surface area contributed by atoms with Crippen molar-refractivity contribution in [2.75, 3.05) is 0 Å². The Bertz CT molecular complexity index is 907. The lowest BCUT2D eigenvalue weighted by Gasteiger charge is -2.02. The number of carbonyl (C=O) groups is 2. The molecule has 2 heterocycles. The number of Topliss-reactive ketones (excluding diaryl/α,β-unsaturated/α-hetero) is 1. The summed E-state index contributed by atoms with van der Waals surface area (Å²) in [5.41, 5.74) is 1.50. The maximum absolute atomic E-state index is 12.6. The Kier molecular flexibility index (Phi) is 4.36. The minimum Gasteiger partial charge on any atom is -0.347 e. The van der Waals surface area contributed by atoms with Crippen molar-refractivity contribution in [3.05, 3.63) is 76.6 Å². The lowest BCUT2D eigenvalue weighted by Crippen LogP contribution is -2.10. The predicted molar refractivity (Wildman–Crippen MR) is 91.6 cm³/mol. The van der Waals surface area contributed by atoms with E-state index < -0.39 is 0 Å². The van der Waals surface area contributed by atoms with Gasteiger partial charge in [-0.1, -0.05) is 11.6 Å². The fraction of sp³-hybridized carbons (Fsp3) is 0.167. The van der Waals surface area contributed by atoms with Crippen LogP contribution in [0.15, 0.2) is 48.9 Å². The third kappa shape index (κ3) is 3.16. The highest BCUT2D eigenvalue weighted by atomic mass is 35.5. The van der Waals surface area contributed by atoms with E-state index in [1.54, 1.807) is 65.1 Å². The molecule has 0 aliphatic carbocycles. The fourth-order valence-electron chi connectivity index (χ4n) is 2.51. The van der Waals surface area contributed by atoms with Crippen molar-refractivity contribution in [1.29, 1.82) is 0 Å². The van der Waals surface area contributed by atoms with Crippen molar-refractivity contribution in [3.8, 4) is 0 Å². The summed E-state index contributed by atoms with van der Waals surface area (Å²) in [5.74, 6) is 0.561. The molecule has 3 aromatic rings. The molecule has 0 aliphatic rings. The van der Waals surface area contributed by atoms with Crippen molar-refractivity contribution in [2.24, 2.45) is 7.05 Å². The molecular formula is C18H16ClN3O2. The van der Waals surface area contributed by atoms with E-state index in [0.29, 0.717) is 21.8 Å². The summed E-state index contributed by atoms with van der Waals surface area (Å²) in [6.07, 6.45) is 5.09. The molecule has 5 nitrogen and oxygen atoms in total. The van der Waals surface area contributed by atoms with Crippen LogP contribution in [0.25, 0.3) is 0 Å². The number of halogens is 1. The molecule has 0 atom stereocenters. The molecule has 24 heavy (non-hydrogen) atoms. The first-order chi connectivity index (χ1) is 11.5. The third-order valence-electron chi connectivity index (χ3n) is 3.90. The molecule has 3 rings (SSSR count). The Morgan fingerprint density at radius 2 is 1.88 bits per heavy atom. The van der Waals surface area contributed by atoms with E-state index in [9.17, 15) is 9.59 Å². The highest BCUT2D eigenvalue weighted by molar-refractivity contribution is 6.30. The average molecular weight is 342 g/mol. The first kappa shape index (κ1) is 16.2. The van der Waals surface area contributed by atoms with Gasteiger partial charge in [0.15, 0.2) is 5.78 Å². The van der Waals surface area contributed by atoms with E-state index in [-0.39, 0.29) is 18.1 Å². The zero-order valence-electron chi connectivity index (χ0n) is 13.4. The second kappa shape index (κ2) is 6.45. The van der Waals surface area contributed by atoms with Gasteiger partial charge in [-0.25, -0.2) is 4.98 Å². The third-order valence-corrected chi connectivity index (χ3v) is 4.16. The Hall–Kier alpha value is -2.66. The number of rotatable bonds is 5. The summed E-state index contributed by atoms with van der Waals surface area (Å²) in [7, 11) is 1.75. The van der Waals surface area contributed by atoms with Crippen LogP contribution in [0.1, 0.15) is 32.2 Å². The van der Waals surface area contributed by atoms with Gasteiger partial charge in [0.2, 0.25) is 5.78 Å². The smallest absolute Gasteiger partial charge is 0.209 e. The SMILES string of the molecule is Cc1nccn1CC(=O)c1cc(C(=O)c2ccc(Cl)cc2)n(C)c1. The van der Waals surface area contributed by atoms with Crippen LogP contribution in [0.5, 0.6) is 0 Å². The first-order valence-corrected chi connectivity index (χ1v) is 7.81. The number of aromatic nitrogens is 3. The molecule has 0 bridgehead atoms. The molecule has 0 fully saturated rings. The molecule has 6 heteroatoms. The lowest BCUT2D eigenvalue weighted by atomic mass is 10.1. The van der Waals surface area contributed by atoms with Crippen LogP contribution in [0.2, 0.25) is 5.02 Å². The molecule has 0 saturated carbocycles. The molecule has 0 spiro atoms. The van der Waals surface area contributed by atoms with Crippen molar-refractivity contribution >= 4 is 23.2 Å². The minimum atomic E-state index is -0.146. The summed E-state index contributed by atoms with van der Waals surface area (Å²) < 4.78 is 3.45. The van der Waals surface area contributed by atoms with Gasteiger partial charge in [-0.15, -0.1) is 0 Å². The highest BCUT2D eigenvalue weighted by Gasteiger charge is 2.17. The van der Waals surface area contributed by atoms with Gasteiger partial charge in [-0.2, -0.15) is 0 Å². The summed E-state index contributed by atoms with van der Waals surface area (Å²) >= 11 is 5.85. The Morgan fingerprint density at radius 3 is 2.50 bits per heavy atom. The summed E-state index contributed by atoms with van der Waals surface area (Å²) in [5, 5.41) is 0.574. The molecule has 2 aromatic heterocycles. The number of nitrogens with zero attached hydrogens (tertiary/aromatic N) is 3. The van der Waals surface area contributed by atoms with Gasteiger partial charge < -0.3 is 9.13 Å². The largest absolute Gasteiger partial charge is 0.347 e. The van der Waals surface area contributed by atoms with Crippen LogP contribution in [-0.4, -0.2) is 25.7 Å². The van der Waals surface area contributed by atoms with Crippen LogP contribution in [0, 0.1) is 6.92 Å². The average Bonchev–Trinajstić information content (AvgIpc) is 3.14. The molecular weight excluding hydrogens is 326 g/mol. The molecule has 0 unspecified atom stereocenters. The normalized spacial score (nSPS) is 10.8. The van der Waals surface area contributed by atoms with Crippen LogP contribution in [0.3, 0.4) is 0 Å². The number of imidazole rings is 1. The Balaban J connectivity index is 1.84. The number of benzene rings is 1. The van der Waals surface area contributed by atoms with E-state index in [2.05, 4.69) is 4.98 Å². The van der Waals surface area contributed by atoms with E-state index in [4.69, 9.17) is 11.6 Å². The maximum atomic E-state index is 12.6. The van der Waals surface area contributed by atoms with E-state index in [0.717, 1.165) is 5.82 Å². The molecule has 0 radical (unpaired) electrons. The Morgan fingerprint density at radius 1 is 1.17 bits per heavy atom. The van der Waals surface area contributed by atoms with E-state index in [1.165, 1.54) is 0 Å². The van der Waals surface area contributed by atoms with Gasteiger partial charge in [0.1, 0.15) is 5.82 Å². The monoisotopic (exact) mass is 341 g/mol. The Labute approximate surface area is 144 Å². The second-order valence-electron chi connectivity index (χ2n) is 5.59. The lowest BCUT2D eigenvalue weighted by molar-refractivity contribution is 0.0971. The van der Waals surface area contributed by atoms with Crippen molar-refractivity contribution in [1.82, 2.24) is 14.1 Å². The fourth-order valence-corrected chi connectivity index (χ4v) is 2.63. The molecule has 1 aromatic carbocycles.